The molecule has 5 heterocycles. The molecule has 472 valence electrons. The molecule has 0 aromatic carbocycles. The molecule has 2 spiro atoms. The van der Waals surface area contributed by atoms with Crippen molar-refractivity contribution in [1.82, 2.24) is 0 Å². The minimum absolute atomic E-state index is 0.0944. The van der Waals surface area contributed by atoms with Gasteiger partial charge in [-0.25, -0.2) is 0 Å². The molecule has 0 amide bonds. The lowest BCUT2D eigenvalue weighted by molar-refractivity contribution is -0.282. The summed E-state index contributed by atoms with van der Waals surface area (Å²) in [6.45, 7) is 3.83. The van der Waals surface area contributed by atoms with E-state index in [0.717, 1.165) is 54.3 Å². The van der Waals surface area contributed by atoms with E-state index in [4.69, 9.17) is 37.9 Å². The quantitative estimate of drug-likeness (QED) is 0.0913. The number of esters is 2. The van der Waals surface area contributed by atoms with Gasteiger partial charge in [-0.3, -0.25) is 9.59 Å². The second-order valence-electron chi connectivity index (χ2n) is 34.4. The van der Waals surface area contributed by atoms with Crippen LogP contribution in [0.1, 0.15) is 148 Å². The Balaban J connectivity index is 0.831. The number of ether oxygens (including phenoxy) is 8. The van der Waals surface area contributed by atoms with E-state index in [0.29, 0.717) is 170 Å². The number of carbonyl (C=O) groups is 2. The fourth-order valence-corrected chi connectivity index (χ4v) is 31.5. The summed E-state index contributed by atoms with van der Waals surface area (Å²) in [5.41, 5.74) is -0.0451. The minimum Gasteiger partial charge on any atom is -0.463 e. The molecule has 12 nitrogen and oxygen atoms in total. The van der Waals surface area contributed by atoms with Crippen LogP contribution in [-0.4, -0.2) is 115 Å². The van der Waals surface area contributed by atoms with Crippen molar-refractivity contribution in [2.24, 2.45) is 200 Å². The number of hydrogen-bond donors (Lipinski definition) is 2. The summed E-state index contributed by atoms with van der Waals surface area (Å²) in [6.07, 6.45) is 27.3. The Morgan fingerprint density at radius 3 is 1.66 bits per heavy atom. The molecule has 12 heteroatoms. The Morgan fingerprint density at radius 2 is 0.929 bits per heavy atom. The highest BCUT2D eigenvalue weighted by molar-refractivity contribution is 5.95. The zero-order valence-corrected chi connectivity index (χ0v) is 51.9. The number of rotatable bonds is 15. The molecule has 85 heavy (non-hydrogen) atoms. The number of carbonyl (C=O) groups excluding carboxylic acids is 2. The third-order valence-corrected chi connectivity index (χ3v) is 32.6. The van der Waals surface area contributed by atoms with E-state index < -0.39 is 24.4 Å². The van der Waals surface area contributed by atoms with Gasteiger partial charge in [0.2, 0.25) is 0 Å². The first-order chi connectivity index (χ1) is 41.7. The highest BCUT2D eigenvalue weighted by atomic mass is 16.6. The summed E-state index contributed by atoms with van der Waals surface area (Å²) in [4.78, 5) is 31.7. The first-order valence-electron chi connectivity index (χ1n) is 36.8. The number of hydrogen-bond acceptors (Lipinski definition) is 12. The van der Waals surface area contributed by atoms with Crippen LogP contribution in [0.4, 0.5) is 0 Å². The lowest BCUT2D eigenvalue weighted by atomic mass is 9.37. The molecule has 21 aliphatic rings. The molecule has 16 aliphatic carbocycles. The van der Waals surface area contributed by atoms with Crippen molar-refractivity contribution in [3.8, 4) is 0 Å². The highest BCUT2D eigenvalue weighted by Crippen LogP contribution is 2.92. The van der Waals surface area contributed by atoms with Crippen LogP contribution in [0.2, 0.25) is 0 Å². The third-order valence-electron chi connectivity index (χ3n) is 32.6. The Bertz CT molecular complexity index is 2470. The number of aliphatic hydroxyl groups is 2. The van der Waals surface area contributed by atoms with Crippen LogP contribution >= 0.6 is 0 Å². The van der Waals surface area contributed by atoms with Crippen molar-refractivity contribution >= 4 is 11.9 Å². The third kappa shape index (κ3) is 8.15. The van der Waals surface area contributed by atoms with Crippen LogP contribution in [0.25, 0.3) is 0 Å². The maximum atomic E-state index is 15.8. The molecule has 5 saturated heterocycles. The summed E-state index contributed by atoms with van der Waals surface area (Å²) >= 11 is 0. The topological polar surface area (TPSA) is 148 Å². The summed E-state index contributed by atoms with van der Waals surface area (Å²) in [5.74, 6) is 15.9. The van der Waals surface area contributed by atoms with Gasteiger partial charge in [0.1, 0.15) is 13.2 Å². The van der Waals surface area contributed by atoms with Crippen LogP contribution in [-0.2, 0) is 47.5 Å². The predicted octanol–water partition coefficient (Wildman–Crippen LogP) is 11.0. The van der Waals surface area contributed by atoms with E-state index in [2.05, 4.69) is 0 Å². The smallest absolute Gasteiger partial charge is 0.320 e. The zero-order valence-electron chi connectivity index (χ0n) is 51.9. The molecular formula is C73H108O12. The average Bonchev–Trinajstić information content (AvgIpc) is 1.45. The van der Waals surface area contributed by atoms with Gasteiger partial charge in [0.25, 0.3) is 0 Å². The van der Waals surface area contributed by atoms with Crippen molar-refractivity contribution in [2.45, 2.75) is 160 Å². The molecule has 33 unspecified atom stereocenters. The highest BCUT2D eigenvalue weighted by Gasteiger charge is 2.88. The molecular weight excluding hydrogens is 1070 g/mol. The molecule has 16 saturated carbocycles. The largest absolute Gasteiger partial charge is 0.463 e. The van der Waals surface area contributed by atoms with E-state index in [1.807, 2.05) is 0 Å². The van der Waals surface area contributed by atoms with Crippen molar-refractivity contribution in [2.75, 3.05) is 80.3 Å². The Morgan fingerprint density at radius 1 is 0.412 bits per heavy atom. The Kier molecular flexibility index (Phi) is 14.3. The van der Waals surface area contributed by atoms with Gasteiger partial charge in [-0.2, -0.15) is 0 Å². The van der Waals surface area contributed by atoms with Crippen LogP contribution < -0.4 is 0 Å². The van der Waals surface area contributed by atoms with Crippen LogP contribution in [0.15, 0.2) is 0 Å². The maximum absolute atomic E-state index is 15.8. The first kappa shape index (κ1) is 56.4. The maximum Gasteiger partial charge on any atom is 0.320 e. The van der Waals surface area contributed by atoms with Crippen LogP contribution in [0.5, 0.6) is 0 Å². The lowest BCUT2D eigenvalue weighted by Crippen LogP contribution is -2.63. The minimum atomic E-state index is -1.04. The number of aliphatic hydroxyl groups excluding tert-OH is 2. The van der Waals surface area contributed by atoms with E-state index in [9.17, 15) is 10.2 Å². The summed E-state index contributed by atoms with van der Waals surface area (Å²) in [5, 5.41) is 26.9. The van der Waals surface area contributed by atoms with E-state index >= 15 is 9.59 Å². The second-order valence-corrected chi connectivity index (χ2v) is 34.4. The fraction of sp³-hybridized carbons (Fsp3) is 0.973. The standard InChI is InChI=1S/C73H108O12/c1-78-19-21-80-23-25-82-68(74)64(69(75)83-26-24-81-22-20-79-2)54-48-30-47-44-15-13-38-6-3-36-4-10-40(11-5-36)34-84-70(76)67-71(77)85-35-41-12-8-37(27-41)7-9-39-14-16-49-56(54)59-55(48)58-53(47)52-46(45(44)28-38)29-43-33-73(67)32-42-17-18-72(49,31-39)65-50(42)62-61(63(59)65)60(58)57(52)51(43)66(62)73/h36-67,70-71,76-77H,3-35H2,1-2H3. The van der Waals surface area contributed by atoms with E-state index in [1.165, 1.54) is 135 Å². The summed E-state index contributed by atoms with van der Waals surface area (Å²) < 4.78 is 49.8. The lowest BCUT2D eigenvalue weighted by Gasteiger charge is -2.68. The molecule has 0 aromatic rings. The van der Waals surface area contributed by atoms with Gasteiger partial charge in [0.05, 0.1) is 58.8 Å². The Labute approximate surface area is 508 Å². The predicted molar refractivity (Wildman–Crippen MR) is 314 cm³/mol. The fourth-order valence-electron chi connectivity index (χ4n) is 31.5. The molecule has 15 bridgehead atoms. The zero-order chi connectivity index (χ0) is 56.8. The van der Waals surface area contributed by atoms with Crippen molar-refractivity contribution in [3.05, 3.63) is 0 Å². The first-order valence-corrected chi connectivity index (χ1v) is 36.8. The van der Waals surface area contributed by atoms with Crippen molar-refractivity contribution in [1.29, 1.82) is 0 Å². The SMILES string of the molecule is COCCOCCOC(=O)C(C(=O)OCCOCCOC)C1C2CC3C4CCC5CCC6CCC(CC6)COC(O)C6C(O)OCC7CCC(CCC8CCC9C1C1C2C2C3C3C(CC%10CC6%11CC6CCC9(C8)C8C6C6C(C2C3C%10C6%11)C18)C4C5)C7. The molecule has 5 aliphatic heterocycles. The van der Waals surface area contributed by atoms with E-state index in [-0.39, 0.29) is 55.1 Å². The summed E-state index contributed by atoms with van der Waals surface area (Å²) in [7, 11) is 3.36. The van der Waals surface area contributed by atoms with Gasteiger partial charge in [-0.05, 0) is 278 Å². The number of fused-ring (bicyclic) bond motifs is 8. The normalized spacial score (nSPS) is 56.9. The monoisotopic (exact) mass is 1180 g/mol. The van der Waals surface area contributed by atoms with Gasteiger partial charge >= 0.3 is 11.9 Å². The molecule has 21 rings (SSSR count). The summed E-state index contributed by atoms with van der Waals surface area (Å²) in [6, 6.07) is 0. The van der Waals surface area contributed by atoms with Gasteiger partial charge in [-0.15, -0.1) is 0 Å². The van der Waals surface area contributed by atoms with E-state index in [1.54, 1.807) is 14.2 Å². The average molecular weight is 1180 g/mol. The molecule has 33 atom stereocenters. The van der Waals surface area contributed by atoms with Crippen molar-refractivity contribution < 1.29 is 57.7 Å². The Hall–Kier alpha value is -1.38. The molecule has 0 aromatic heterocycles. The molecule has 21 fully saturated rings. The van der Waals surface area contributed by atoms with Crippen LogP contribution in [0.3, 0.4) is 0 Å². The molecule has 0 radical (unpaired) electrons. The van der Waals surface area contributed by atoms with Crippen molar-refractivity contribution in [3.63, 3.8) is 0 Å². The second kappa shape index (κ2) is 21.6. The van der Waals surface area contributed by atoms with Crippen LogP contribution in [0, 0.1) is 200 Å². The molecule has 2 N–H and O–H groups in total. The van der Waals surface area contributed by atoms with Gasteiger partial charge < -0.3 is 48.1 Å². The van der Waals surface area contributed by atoms with Gasteiger partial charge in [-0.1, -0.05) is 57.8 Å². The van der Waals surface area contributed by atoms with Gasteiger partial charge in [0.15, 0.2) is 18.5 Å². The van der Waals surface area contributed by atoms with Gasteiger partial charge in [0, 0.05) is 14.2 Å². The number of methoxy groups -OCH3 is 2.